The molecule has 1 N–H and O–H groups in total. The van der Waals surface area contributed by atoms with Gasteiger partial charge in [0.2, 0.25) is 0 Å². The third kappa shape index (κ3) is 4.93. The molecule has 2 rings (SSSR count). The number of hydrogen-bond acceptors (Lipinski definition) is 2. The molecule has 24 heavy (non-hydrogen) atoms. The lowest BCUT2D eigenvalue weighted by Gasteiger charge is -2.29. The molecule has 2 aromatic rings. The first-order chi connectivity index (χ1) is 11.3. The molecule has 0 spiro atoms. The minimum absolute atomic E-state index is 0.127. The van der Waals surface area contributed by atoms with Gasteiger partial charge in [-0.2, -0.15) is 0 Å². The maximum Gasteiger partial charge on any atom is 0.335 e. The zero-order valence-electron chi connectivity index (χ0n) is 15.2. The topological polar surface area (TPSA) is 46.5 Å². The predicted octanol–water partition coefficient (Wildman–Crippen LogP) is 4.90. The van der Waals surface area contributed by atoms with Gasteiger partial charge in [-0.1, -0.05) is 74.5 Å². The average Bonchev–Trinajstić information content (AvgIpc) is 2.63. The SMILES string of the molecule is CCC(C)(c1ccccc1)c1ccccc1.COC(C)(C)C(=O)O. The highest BCUT2D eigenvalue weighted by molar-refractivity contribution is 5.76. The number of carboxylic acids is 1. The van der Waals surface area contributed by atoms with E-state index in [0.717, 1.165) is 6.42 Å². The monoisotopic (exact) mass is 328 g/mol. The van der Waals surface area contributed by atoms with Gasteiger partial charge in [0.05, 0.1) is 0 Å². The zero-order valence-corrected chi connectivity index (χ0v) is 15.2. The summed E-state index contributed by atoms with van der Waals surface area (Å²) in [4.78, 5) is 10.1. The quantitative estimate of drug-likeness (QED) is 0.849. The average molecular weight is 328 g/mol. The van der Waals surface area contributed by atoms with Crippen LogP contribution in [-0.2, 0) is 14.9 Å². The van der Waals surface area contributed by atoms with Gasteiger partial charge in [0.1, 0.15) is 0 Å². The highest BCUT2D eigenvalue weighted by Crippen LogP contribution is 2.34. The zero-order chi connectivity index (χ0) is 18.2. The van der Waals surface area contributed by atoms with Gasteiger partial charge >= 0.3 is 5.97 Å². The number of carbonyl (C=O) groups is 1. The van der Waals surface area contributed by atoms with Gasteiger partial charge in [0.15, 0.2) is 5.60 Å². The van der Waals surface area contributed by atoms with E-state index in [9.17, 15) is 4.79 Å². The lowest BCUT2D eigenvalue weighted by Crippen LogP contribution is -2.33. The van der Waals surface area contributed by atoms with Gasteiger partial charge in [0, 0.05) is 12.5 Å². The molecule has 0 aliphatic rings. The number of rotatable bonds is 5. The predicted molar refractivity (Wildman–Crippen MR) is 98.4 cm³/mol. The Kier molecular flexibility index (Phi) is 7.18. The molecular formula is C21H28O3. The maximum atomic E-state index is 10.1. The summed E-state index contributed by atoms with van der Waals surface area (Å²) >= 11 is 0. The van der Waals surface area contributed by atoms with E-state index in [1.165, 1.54) is 32.1 Å². The summed E-state index contributed by atoms with van der Waals surface area (Å²) in [6, 6.07) is 21.5. The first-order valence-electron chi connectivity index (χ1n) is 8.17. The van der Waals surface area contributed by atoms with Crippen LogP contribution in [-0.4, -0.2) is 23.8 Å². The van der Waals surface area contributed by atoms with Crippen molar-refractivity contribution in [1.29, 1.82) is 0 Å². The number of hydrogen-bond donors (Lipinski definition) is 1. The Balaban J connectivity index is 0.000000307. The molecule has 3 heteroatoms. The Morgan fingerprint density at radius 1 is 0.917 bits per heavy atom. The number of benzene rings is 2. The summed E-state index contributed by atoms with van der Waals surface area (Å²) in [6.45, 7) is 7.56. The second-order valence-corrected chi connectivity index (χ2v) is 6.44. The van der Waals surface area contributed by atoms with E-state index in [1.807, 2.05) is 0 Å². The number of carboxylic acid groups (broad SMARTS) is 1. The van der Waals surface area contributed by atoms with Crippen molar-refractivity contribution in [3.8, 4) is 0 Å². The molecule has 0 radical (unpaired) electrons. The van der Waals surface area contributed by atoms with Crippen molar-refractivity contribution in [2.45, 2.75) is 45.1 Å². The van der Waals surface area contributed by atoms with Crippen LogP contribution in [0.5, 0.6) is 0 Å². The Labute approximate surface area is 145 Å². The molecule has 0 aliphatic carbocycles. The summed E-state index contributed by atoms with van der Waals surface area (Å²) in [5.74, 6) is -0.944. The summed E-state index contributed by atoms with van der Waals surface area (Å²) in [6.07, 6.45) is 1.11. The normalized spacial score (nSPS) is 11.4. The summed E-state index contributed by atoms with van der Waals surface area (Å²) in [5.41, 5.74) is 1.87. The van der Waals surface area contributed by atoms with E-state index in [-0.39, 0.29) is 5.41 Å². The molecular weight excluding hydrogens is 300 g/mol. The Morgan fingerprint density at radius 2 is 1.29 bits per heavy atom. The van der Waals surface area contributed by atoms with Gasteiger partial charge in [-0.3, -0.25) is 0 Å². The fourth-order valence-corrected chi connectivity index (χ4v) is 2.27. The molecule has 0 unspecified atom stereocenters. The largest absolute Gasteiger partial charge is 0.479 e. The molecule has 0 atom stereocenters. The van der Waals surface area contributed by atoms with Crippen LogP contribution in [0.4, 0.5) is 0 Å². The van der Waals surface area contributed by atoms with Gasteiger partial charge in [-0.25, -0.2) is 4.79 Å². The van der Waals surface area contributed by atoms with Crippen LogP contribution >= 0.6 is 0 Å². The molecule has 2 aromatic carbocycles. The van der Waals surface area contributed by atoms with Gasteiger partial charge in [-0.05, 0) is 31.4 Å². The minimum Gasteiger partial charge on any atom is -0.479 e. The third-order valence-corrected chi connectivity index (χ3v) is 4.55. The van der Waals surface area contributed by atoms with Crippen LogP contribution < -0.4 is 0 Å². The van der Waals surface area contributed by atoms with Crippen molar-refractivity contribution in [1.82, 2.24) is 0 Å². The highest BCUT2D eigenvalue weighted by atomic mass is 16.5. The Morgan fingerprint density at radius 3 is 1.50 bits per heavy atom. The Hall–Kier alpha value is -2.13. The smallest absolute Gasteiger partial charge is 0.335 e. The Bertz CT molecular complexity index is 579. The van der Waals surface area contributed by atoms with Gasteiger partial charge in [0.25, 0.3) is 0 Å². The number of ether oxygens (including phenoxy) is 1. The molecule has 0 saturated heterocycles. The standard InChI is InChI=1S/C16H18.C5H10O3/c1-3-16(2,14-10-6-4-7-11-14)15-12-8-5-9-13-15;1-5(2,8-3)4(6)7/h4-13H,3H2,1-2H3;1-3H3,(H,6,7). The van der Waals surface area contributed by atoms with Crippen molar-refractivity contribution in [2.75, 3.05) is 7.11 Å². The lowest BCUT2D eigenvalue weighted by atomic mass is 9.74. The molecule has 0 bridgehead atoms. The number of aliphatic carboxylic acids is 1. The summed E-state index contributed by atoms with van der Waals surface area (Å²) in [5, 5.41) is 8.32. The fraction of sp³-hybridized carbons (Fsp3) is 0.381. The maximum absolute atomic E-state index is 10.1. The molecule has 3 nitrogen and oxygen atoms in total. The lowest BCUT2D eigenvalue weighted by molar-refractivity contribution is -0.157. The minimum atomic E-state index is -1.04. The summed E-state index contributed by atoms with van der Waals surface area (Å²) < 4.78 is 4.60. The van der Waals surface area contributed by atoms with Crippen molar-refractivity contribution in [3.63, 3.8) is 0 Å². The van der Waals surface area contributed by atoms with E-state index in [1.54, 1.807) is 0 Å². The first-order valence-corrected chi connectivity index (χ1v) is 8.17. The summed E-state index contributed by atoms with van der Waals surface area (Å²) in [7, 11) is 1.37. The van der Waals surface area contributed by atoms with E-state index in [2.05, 4.69) is 79.2 Å². The van der Waals surface area contributed by atoms with Crippen molar-refractivity contribution in [2.24, 2.45) is 0 Å². The van der Waals surface area contributed by atoms with Crippen molar-refractivity contribution in [3.05, 3.63) is 71.8 Å². The van der Waals surface area contributed by atoms with Crippen LogP contribution in [0.15, 0.2) is 60.7 Å². The van der Waals surface area contributed by atoms with Gasteiger partial charge in [-0.15, -0.1) is 0 Å². The van der Waals surface area contributed by atoms with Gasteiger partial charge < -0.3 is 9.84 Å². The van der Waals surface area contributed by atoms with E-state index >= 15 is 0 Å². The second-order valence-electron chi connectivity index (χ2n) is 6.44. The third-order valence-electron chi connectivity index (χ3n) is 4.55. The first kappa shape index (κ1) is 19.9. The van der Waals surface area contributed by atoms with Crippen LogP contribution in [0.2, 0.25) is 0 Å². The molecule has 0 heterocycles. The molecule has 0 saturated carbocycles. The molecule has 130 valence electrons. The highest BCUT2D eigenvalue weighted by Gasteiger charge is 2.26. The van der Waals surface area contributed by atoms with Crippen LogP contribution in [0.1, 0.15) is 45.2 Å². The van der Waals surface area contributed by atoms with Crippen molar-refractivity contribution >= 4 is 5.97 Å². The van der Waals surface area contributed by atoms with E-state index in [0.29, 0.717) is 0 Å². The van der Waals surface area contributed by atoms with Crippen LogP contribution in [0, 0.1) is 0 Å². The fourth-order valence-electron chi connectivity index (χ4n) is 2.27. The molecule has 0 aliphatic heterocycles. The second kappa shape index (κ2) is 8.65. The number of methoxy groups -OCH3 is 1. The van der Waals surface area contributed by atoms with Crippen LogP contribution in [0.25, 0.3) is 0 Å². The van der Waals surface area contributed by atoms with E-state index in [4.69, 9.17) is 5.11 Å². The van der Waals surface area contributed by atoms with Crippen LogP contribution in [0.3, 0.4) is 0 Å². The molecule has 0 fully saturated rings. The molecule has 0 aromatic heterocycles. The molecule has 0 amide bonds. The van der Waals surface area contributed by atoms with Crippen molar-refractivity contribution < 1.29 is 14.6 Å². The van der Waals surface area contributed by atoms with E-state index < -0.39 is 11.6 Å².